The van der Waals surface area contributed by atoms with E-state index in [-0.39, 0.29) is 65.3 Å². The van der Waals surface area contributed by atoms with Gasteiger partial charge in [-0.15, -0.1) is 0 Å². The number of aliphatic hydroxyl groups is 2. The van der Waals surface area contributed by atoms with E-state index in [0.29, 0.717) is 41.5 Å². The molecule has 0 bridgehead atoms. The molecular weight excluding hydrogens is 528 g/mol. The highest BCUT2D eigenvalue weighted by molar-refractivity contribution is 5.90. The first-order valence-corrected chi connectivity index (χ1v) is 13.7. The van der Waals surface area contributed by atoms with Gasteiger partial charge in [-0.05, 0) is 66.1 Å². The summed E-state index contributed by atoms with van der Waals surface area (Å²) in [7, 11) is 0. The Kier molecular flexibility index (Phi) is 7.84. The lowest BCUT2D eigenvalue weighted by atomic mass is 9.92. The van der Waals surface area contributed by atoms with Gasteiger partial charge in [-0.1, -0.05) is 26.0 Å². The molecule has 41 heavy (non-hydrogen) atoms. The third-order valence-corrected chi connectivity index (χ3v) is 7.60. The Balaban J connectivity index is 1.67. The van der Waals surface area contributed by atoms with Gasteiger partial charge in [-0.25, -0.2) is 0 Å². The van der Waals surface area contributed by atoms with Gasteiger partial charge in [-0.3, -0.25) is 4.79 Å². The molecular formula is C32H34O9. The molecule has 4 aromatic rings. The first kappa shape index (κ1) is 28.3. The van der Waals surface area contributed by atoms with Crippen molar-refractivity contribution in [2.75, 3.05) is 13.2 Å². The van der Waals surface area contributed by atoms with Crippen LogP contribution >= 0.6 is 0 Å². The third kappa shape index (κ3) is 5.42. The van der Waals surface area contributed by atoms with Crippen molar-refractivity contribution in [2.45, 2.75) is 45.6 Å². The summed E-state index contributed by atoms with van der Waals surface area (Å²) in [6.07, 6.45) is 0.958. The van der Waals surface area contributed by atoms with E-state index in [1.54, 1.807) is 30.3 Å². The van der Waals surface area contributed by atoms with Crippen molar-refractivity contribution in [3.8, 4) is 40.1 Å². The molecule has 1 unspecified atom stereocenters. The van der Waals surface area contributed by atoms with Crippen LogP contribution < -0.4 is 10.2 Å². The summed E-state index contributed by atoms with van der Waals surface area (Å²) >= 11 is 0. The summed E-state index contributed by atoms with van der Waals surface area (Å²) in [6, 6.07) is 11.3. The molecule has 216 valence electrons. The van der Waals surface area contributed by atoms with E-state index in [0.717, 1.165) is 5.56 Å². The molecule has 6 N–H and O–H groups in total. The standard InChI is InChI=1S/C32H34O9/c1-16(2)8-18-11-20(12-19(28(18)37)9-17-4-3-5-22(35)10-17)31-30(39)29(38)27-26(41-31)13-24(36)23-6-7-25(40-32(23)27)21(14-33)15-34/h3-5,10-13,16,21,25,33-37,39H,6-9,14-15H2,1-2H3. The van der Waals surface area contributed by atoms with Crippen molar-refractivity contribution in [2.24, 2.45) is 11.8 Å². The number of hydrogen-bond donors (Lipinski definition) is 6. The van der Waals surface area contributed by atoms with Crippen molar-refractivity contribution in [3.05, 3.63) is 74.9 Å². The molecule has 1 aliphatic heterocycles. The first-order valence-electron chi connectivity index (χ1n) is 13.7. The molecule has 9 nitrogen and oxygen atoms in total. The van der Waals surface area contributed by atoms with Crippen molar-refractivity contribution < 1.29 is 39.8 Å². The van der Waals surface area contributed by atoms with Gasteiger partial charge in [0.1, 0.15) is 40.1 Å². The number of phenolic OH excluding ortho intramolecular Hbond substituents is 3. The molecule has 0 aliphatic carbocycles. The van der Waals surface area contributed by atoms with Gasteiger partial charge >= 0.3 is 0 Å². The van der Waals surface area contributed by atoms with Crippen LogP contribution in [0.1, 0.15) is 42.5 Å². The van der Waals surface area contributed by atoms with Gasteiger partial charge in [-0.2, -0.15) is 0 Å². The van der Waals surface area contributed by atoms with Crippen LogP contribution in [-0.4, -0.2) is 50.0 Å². The minimum atomic E-state index is -0.754. The van der Waals surface area contributed by atoms with E-state index in [2.05, 4.69) is 0 Å². The molecule has 1 aliphatic rings. The average Bonchev–Trinajstić information content (AvgIpc) is 2.93. The lowest BCUT2D eigenvalue weighted by Gasteiger charge is -2.31. The van der Waals surface area contributed by atoms with Gasteiger partial charge in [0, 0.05) is 29.5 Å². The number of hydrogen-bond acceptors (Lipinski definition) is 9. The predicted molar refractivity (Wildman–Crippen MR) is 153 cm³/mol. The molecule has 0 saturated heterocycles. The summed E-state index contributed by atoms with van der Waals surface area (Å²) in [4.78, 5) is 13.6. The molecule has 5 rings (SSSR count). The van der Waals surface area contributed by atoms with Gasteiger partial charge < -0.3 is 39.8 Å². The third-order valence-electron chi connectivity index (χ3n) is 7.60. The second-order valence-corrected chi connectivity index (χ2v) is 11.1. The van der Waals surface area contributed by atoms with Crippen LogP contribution in [-0.2, 0) is 19.3 Å². The minimum Gasteiger partial charge on any atom is -0.508 e. The predicted octanol–water partition coefficient (Wildman–Crippen LogP) is 4.37. The van der Waals surface area contributed by atoms with Crippen molar-refractivity contribution >= 4 is 11.0 Å². The van der Waals surface area contributed by atoms with E-state index in [1.165, 1.54) is 6.07 Å². The summed E-state index contributed by atoms with van der Waals surface area (Å²) in [6.45, 7) is 3.38. The molecule has 1 atom stereocenters. The monoisotopic (exact) mass is 562 g/mol. The highest BCUT2D eigenvalue weighted by Gasteiger charge is 2.32. The number of fused-ring (bicyclic) bond motifs is 3. The first-order chi connectivity index (χ1) is 19.6. The maximum Gasteiger partial charge on any atom is 0.238 e. The zero-order valence-electron chi connectivity index (χ0n) is 22.9. The molecule has 0 fully saturated rings. The van der Waals surface area contributed by atoms with Crippen LogP contribution in [0, 0.1) is 11.8 Å². The average molecular weight is 563 g/mol. The van der Waals surface area contributed by atoms with Crippen LogP contribution in [0.2, 0.25) is 0 Å². The highest BCUT2D eigenvalue weighted by Crippen LogP contribution is 2.44. The van der Waals surface area contributed by atoms with E-state index < -0.39 is 23.2 Å². The van der Waals surface area contributed by atoms with Crippen molar-refractivity contribution in [3.63, 3.8) is 0 Å². The van der Waals surface area contributed by atoms with Crippen LogP contribution in [0.3, 0.4) is 0 Å². The van der Waals surface area contributed by atoms with Gasteiger partial charge in [0.15, 0.2) is 5.76 Å². The fraction of sp³-hybridized carbons (Fsp3) is 0.344. The van der Waals surface area contributed by atoms with E-state index >= 15 is 0 Å². The molecule has 9 heteroatoms. The number of ether oxygens (including phenoxy) is 1. The lowest BCUT2D eigenvalue weighted by Crippen LogP contribution is -2.35. The number of rotatable bonds is 8. The maximum absolute atomic E-state index is 13.6. The number of phenols is 3. The quantitative estimate of drug-likeness (QED) is 0.183. The molecule has 2 heterocycles. The summed E-state index contributed by atoms with van der Waals surface area (Å²) in [5.41, 5.74) is 1.87. The Bertz CT molecular complexity index is 1650. The fourth-order valence-corrected chi connectivity index (χ4v) is 5.53. The van der Waals surface area contributed by atoms with Crippen LogP contribution in [0.5, 0.6) is 28.7 Å². The van der Waals surface area contributed by atoms with E-state index in [9.17, 15) is 35.4 Å². The SMILES string of the molecule is CC(C)Cc1cc(-c2oc3cc(O)c4c(c3c(=O)c2O)OC(C(CO)CO)CC4)cc(Cc2cccc(O)c2)c1O. The Labute approximate surface area is 236 Å². The Morgan fingerprint density at radius 1 is 0.951 bits per heavy atom. The Morgan fingerprint density at radius 2 is 1.68 bits per heavy atom. The molecule has 1 aromatic heterocycles. The van der Waals surface area contributed by atoms with Crippen molar-refractivity contribution in [1.29, 1.82) is 0 Å². The lowest BCUT2D eigenvalue weighted by molar-refractivity contribution is 0.0361. The molecule has 0 saturated carbocycles. The largest absolute Gasteiger partial charge is 0.508 e. The second-order valence-electron chi connectivity index (χ2n) is 11.1. The van der Waals surface area contributed by atoms with Gasteiger partial charge in [0.2, 0.25) is 11.2 Å². The zero-order chi connectivity index (χ0) is 29.4. The highest BCUT2D eigenvalue weighted by atomic mass is 16.5. The van der Waals surface area contributed by atoms with Crippen LogP contribution in [0.4, 0.5) is 0 Å². The maximum atomic E-state index is 13.6. The van der Waals surface area contributed by atoms with E-state index in [1.807, 2.05) is 19.9 Å². The normalized spacial score (nSPS) is 14.9. The smallest absolute Gasteiger partial charge is 0.238 e. The van der Waals surface area contributed by atoms with E-state index in [4.69, 9.17) is 9.15 Å². The fourth-order valence-electron chi connectivity index (χ4n) is 5.53. The van der Waals surface area contributed by atoms with Gasteiger partial charge in [0.25, 0.3) is 0 Å². The summed E-state index contributed by atoms with van der Waals surface area (Å²) in [5, 5.41) is 62.2. The summed E-state index contributed by atoms with van der Waals surface area (Å²) < 4.78 is 12.1. The number of aliphatic hydroxyl groups excluding tert-OH is 2. The van der Waals surface area contributed by atoms with Crippen LogP contribution in [0.15, 0.2) is 51.7 Å². The second kappa shape index (κ2) is 11.3. The molecule has 0 radical (unpaired) electrons. The minimum absolute atomic E-state index is 0.00253. The zero-order valence-corrected chi connectivity index (χ0v) is 22.9. The molecule has 0 spiro atoms. The molecule has 0 amide bonds. The summed E-state index contributed by atoms with van der Waals surface area (Å²) in [5.74, 6) is -1.06. The number of aromatic hydroxyl groups is 4. The van der Waals surface area contributed by atoms with Crippen molar-refractivity contribution in [1.82, 2.24) is 0 Å². The van der Waals surface area contributed by atoms with Gasteiger partial charge in [0.05, 0.1) is 13.2 Å². The Morgan fingerprint density at radius 3 is 2.37 bits per heavy atom. The van der Waals surface area contributed by atoms with Crippen LogP contribution in [0.25, 0.3) is 22.3 Å². The topological polar surface area (TPSA) is 161 Å². The molecule has 3 aromatic carbocycles. The Hall–Kier alpha value is -4.21. The number of benzene rings is 3.